The summed E-state index contributed by atoms with van der Waals surface area (Å²) in [5.74, 6) is 4.71. The summed E-state index contributed by atoms with van der Waals surface area (Å²) >= 11 is 0. The van der Waals surface area contributed by atoms with Crippen LogP contribution in [0.25, 0.3) is 5.78 Å². The number of hydrogen-bond acceptors (Lipinski definition) is 5. The molecular formula is C22H30N6O. The standard InChI is InChI=1S/C22H30N6O/c1-14-6-19(28-21(25-14)23-13-24-28)27-4-2-18(3-5-27)20(29)26-22-10-15-7-16(11-22)9-17(8-15)12-22/h6,13,15-18H,2-5,7-12H2,1H3,(H,26,29). The summed E-state index contributed by atoms with van der Waals surface area (Å²) in [7, 11) is 0. The van der Waals surface area contributed by atoms with Crippen molar-refractivity contribution in [3.63, 3.8) is 0 Å². The van der Waals surface area contributed by atoms with Crippen LogP contribution >= 0.6 is 0 Å². The lowest BCUT2D eigenvalue weighted by atomic mass is 9.53. The van der Waals surface area contributed by atoms with Crippen LogP contribution in [0.15, 0.2) is 12.4 Å². The van der Waals surface area contributed by atoms with Gasteiger partial charge in [0, 0.05) is 36.3 Å². The number of fused-ring (bicyclic) bond motifs is 1. The monoisotopic (exact) mass is 394 g/mol. The molecule has 1 saturated heterocycles. The Labute approximate surface area is 171 Å². The van der Waals surface area contributed by atoms with Gasteiger partial charge in [0.1, 0.15) is 12.1 Å². The van der Waals surface area contributed by atoms with Crippen molar-refractivity contribution in [2.45, 2.75) is 63.8 Å². The van der Waals surface area contributed by atoms with E-state index in [1.54, 1.807) is 6.33 Å². The molecule has 4 bridgehead atoms. The first-order valence-electron chi connectivity index (χ1n) is 11.3. The smallest absolute Gasteiger partial charge is 0.254 e. The minimum absolute atomic E-state index is 0.123. The minimum Gasteiger partial charge on any atom is -0.356 e. The van der Waals surface area contributed by atoms with Gasteiger partial charge in [-0.1, -0.05) is 0 Å². The van der Waals surface area contributed by atoms with Crippen molar-refractivity contribution in [1.82, 2.24) is 24.9 Å². The first-order chi connectivity index (χ1) is 14.1. The Morgan fingerprint density at radius 1 is 1.10 bits per heavy atom. The van der Waals surface area contributed by atoms with Crippen LogP contribution in [0.1, 0.15) is 57.1 Å². The second-order valence-electron chi connectivity index (χ2n) is 10.2. The van der Waals surface area contributed by atoms with Crippen molar-refractivity contribution in [3.05, 3.63) is 18.1 Å². The predicted molar refractivity (Wildman–Crippen MR) is 110 cm³/mol. The summed E-state index contributed by atoms with van der Waals surface area (Å²) in [5.41, 5.74) is 1.07. The molecule has 1 amide bonds. The fraction of sp³-hybridized carbons (Fsp3) is 0.727. The van der Waals surface area contributed by atoms with Crippen LogP contribution < -0.4 is 10.2 Å². The maximum absolute atomic E-state index is 13.2. The van der Waals surface area contributed by atoms with Crippen LogP contribution in [-0.4, -0.2) is 44.1 Å². The van der Waals surface area contributed by atoms with E-state index in [-0.39, 0.29) is 11.5 Å². The number of rotatable bonds is 3. The molecule has 4 saturated carbocycles. The number of hydrogen-bond donors (Lipinski definition) is 1. The number of carbonyl (C=O) groups excluding carboxylic acids is 1. The predicted octanol–water partition coefficient (Wildman–Crippen LogP) is 2.73. The van der Waals surface area contributed by atoms with Gasteiger partial charge in [0.15, 0.2) is 0 Å². The van der Waals surface area contributed by atoms with Crippen LogP contribution in [0, 0.1) is 30.6 Å². The van der Waals surface area contributed by atoms with Gasteiger partial charge in [-0.3, -0.25) is 4.79 Å². The van der Waals surface area contributed by atoms with E-state index in [0.717, 1.165) is 55.2 Å². The van der Waals surface area contributed by atoms with Gasteiger partial charge in [-0.25, -0.2) is 4.98 Å². The summed E-state index contributed by atoms with van der Waals surface area (Å²) in [6.45, 7) is 3.73. The molecule has 3 heterocycles. The second-order valence-corrected chi connectivity index (χ2v) is 10.2. The van der Waals surface area contributed by atoms with E-state index in [1.807, 2.05) is 11.4 Å². The highest BCUT2D eigenvalue weighted by molar-refractivity contribution is 5.80. The van der Waals surface area contributed by atoms with Gasteiger partial charge in [0.25, 0.3) is 5.78 Å². The first kappa shape index (κ1) is 17.7. The Morgan fingerprint density at radius 3 is 2.41 bits per heavy atom. The van der Waals surface area contributed by atoms with Gasteiger partial charge in [-0.2, -0.15) is 14.6 Å². The molecule has 4 aliphatic carbocycles. The average molecular weight is 395 g/mol. The van der Waals surface area contributed by atoms with E-state index in [2.05, 4.69) is 31.3 Å². The molecular weight excluding hydrogens is 364 g/mol. The molecule has 0 unspecified atom stereocenters. The first-order valence-corrected chi connectivity index (χ1v) is 11.3. The summed E-state index contributed by atoms with van der Waals surface area (Å²) in [6, 6.07) is 2.07. The molecule has 29 heavy (non-hydrogen) atoms. The highest BCUT2D eigenvalue weighted by Gasteiger charge is 2.51. The van der Waals surface area contributed by atoms with E-state index >= 15 is 0 Å². The maximum atomic E-state index is 13.2. The summed E-state index contributed by atoms with van der Waals surface area (Å²) in [6.07, 6.45) is 11.3. The Kier molecular flexibility index (Phi) is 3.90. The Balaban J connectivity index is 1.13. The van der Waals surface area contributed by atoms with Crippen molar-refractivity contribution in [3.8, 4) is 0 Å². The molecule has 0 aromatic carbocycles. The van der Waals surface area contributed by atoms with Gasteiger partial charge in [0.05, 0.1) is 0 Å². The number of aryl methyl sites for hydroxylation is 1. The lowest BCUT2D eigenvalue weighted by Gasteiger charge is -2.57. The number of nitrogens with one attached hydrogen (secondary N) is 1. The van der Waals surface area contributed by atoms with Crippen molar-refractivity contribution < 1.29 is 4.79 Å². The molecule has 0 spiro atoms. The number of amides is 1. The lowest BCUT2D eigenvalue weighted by molar-refractivity contribution is -0.131. The molecule has 0 radical (unpaired) electrons. The zero-order valence-corrected chi connectivity index (χ0v) is 17.2. The third kappa shape index (κ3) is 3.01. The Morgan fingerprint density at radius 2 is 1.76 bits per heavy atom. The molecule has 1 aliphatic heterocycles. The zero-order chi connectivity index (χ0) is 19.6. The Hall–Kier alpha value is -2.18. The second kappa shape index (κ2) is 6.41. The van der Waals surface area contributed by atoms with Crippen LogP contribution in [0.2, 0.25) is 0 Å². The van der Waals surface area contributed by atoms with E-state index in [4.69, 9.17) is 0 Å². The van der Waals surface area contributed by atoms with Crippen molar-refractivity contribution in [2.75, 3.05) is 18.0 Å². The van der Waals surface area contributed by atoms with Gasteiger partial charge in [-0.05, 0) is 76.0 Å². The molecule has 1 N–H and O–H groups in total. The maximum Gasteiger partial charge on any atom is 0.254 e. The van der Waals surface area contributed by atoms with Crippen molar-refractivity contribution in [1.29, 1.82) is 0 Å². The van der Waals surface area contributed by atoms with E-state index in [9.17, 15) is 4.79 Å². The van der Waals surface area contributed by atoms with Gasteiger partial charge in [-0.15, -0.1) is 0 Å². The highest BCUT2D eigenvalue weighted by Crippen LogP contribution is 2.55. The van der Waals surface area contributed by atoms with Gasteiger partial charge < -0.3 is 10.2 Å². The third-order valence-corrected chi connectivity index (χ3v) is 7.98. The highest BCUT2D eigenvalue weighted by atomic mass is 16.2. The summed E-state index contributed by atoms with van der Waals surface area (Å²) in [5, 5.41) is 7.92. The van der Waals surface area contributed by atoms with Crippen LogP contribution in [-0.2, 0) is 4.79 Å². The van der Waals surface area contributed by atoms with E-state index in [1.165, 1.54) is 38.5 Å². The SMILES string of the molecule is Cc1cc(N2CCC(C(=O)NC34CC5CC(CC(C5)C3)C4)CC2)n2ncnc2n1. The zero-order valence-electron chi connectivity index (χ0n) is 17.2. The molecule has 7 rings (SSSR count). The fourth-order valence-corrected chi connectivity index (χ4v) is 7.13. The van der Waals surface area contributed by atoms with Gasteiger partial charge in [0.2, 0.25) is 5.91 Å². The molecule has 154 valence electrons. The van der Waals surface area contributed by atoms with Crippen molar-refractivity contribution in [2.24, 2.45) is 23.7 Å². The Bertz CT molecular complexity index is 909. The van der Waals surface area contributed by atoms with Gasteiger partial charge >= 0.3 is 0 Å². The van der Waals surface area contributed by atoms with Crippen LogP contribution in [0.4, 0.5) is 5.82 Å². The minimum atomic E-state index is 0.123. The van der Waals surface area contributed by atoms with Crippen LogP contribution in [0.5, 0.6) is 0 Å². The van der Waals surface area contributed by atoms with E-state index in [0.29, 0.717) is 11.7 Å². The van der Waals surface area contributed by atoms with Crippen molar-refractivity contribution >= 4 is 17.5 Å². The third-order valence-electron chi connectivity index (χ3n) is 7.98. The molecule has 7 heteroatoms. The molecule has 2 aromatic heterocycles. The number of carbonyl (C=O) groups is 1. The van der Waals surface area contributed by atoms with Crippen LogP contribution in [0.3, 0.4) is 0 Å². The molecule has 7 nitrogen and oxygen atoms in total. The molecule has 2 aromatic rings. The molecule has 0 atom stereocenters. The number of piperidine rings is 1. The largest absolute Gasteiger partial charge is 0.356 e. The number of nitrogens with zero attached hydrogens (tertiary/aromatic N) is 5. The number of anilines is 1. The molecule has 5 fully saturated rings. The normalized spacial score (nSPS) is 34.1. The quantitative estimate of drug-likeness (QED) is 0.866. The lowest BCUT2D eigenvalue weighted by Crippen LogP contribution is -2.61. The fourth-order valence-electron chi connectivity index (χ4n) is 7.13. The summed E-state index contributed by atoms with van der Waals surface area (Å²) < 4.78 is 1.81. The number of aromatic nitrogens is 4. The topological polar surface area (TPSA) is 75.4 Å². The summed E-state index contributed by atoms with van der Waals surface area (Å²) in [4.78, 5) is 24.2. The van der Waals surface area contributed by atoms with E-state index < -0.39 is 0 Å². The molecule has 5 aliphatic rings. The average Bonchev–Trinajstić information content (AvgIpc) is 3.14.